The predicted octanol–water partition coefficient (Wildman–Crippen LogP) is 28.5. The average Bonchev–Trinajstić information content (AvgIpc) is 1.55. The summed E-state index contributed by atoms with van der Waals surface area (Å²) in [5, 5.41) is 28.1. The fraction of sp³-hybridized carbons (Fsp3) is 0.524. The summed E-state index contributed by atoms with van der Waals surface area (Å²) < 4.78 is 22.3. The summed E-state index contributed by atoms with van der Waals surface area (Å²) in [5.41, 5.74) is 16.1. The number of thiazole rings is 1. The second-order valence-electron chi connectivity index (χ2n) is 42.9. The number of furan rings is 1. The number of para-hydroxylation sites is 2. The first-order valence-corrected chi connectivity index (χ1v) is 45.6. The number of anilines is 1. The third-order valence-electron chi connectivity index (χ3n) is 19.0. The predicted molar refractivity (Wildman–Crippen MR) is 530 cm³/mol. The van der Waals surface area contributed by atoms with E-state index < -0.39 is 0 Å². The van der Waals surface area contributed by atoms with Crippen molar-refractivity contribution in [3.63, 3.8) is 0 Å². The first-order valence-electron chi connectivity index (χ1n) is 42.7. The number of pyridine rings is 1. The minimum absolute atomic E-state index is 0.0692. The highest BCUT2D eigenvalue weighted by Gasteiger charge is 2.25. The number of rotatable bonds is 2. The number of aromatic nitrogens is 11. The lowest BCUT2D eigenvalue weighted by Gasteiger charge is -2.21. The van der Waals surface area contributed by atoms with E-state index in [0.717, 1.165) is 54.1 Å². The topological polar surface area (TPSA) is 203 Å². The van der Waals surface area contributed by atoms with Crippen LogP contribution in [0.1, 0.15) is 330 Å². The summed E-state index contributed by atoms with van der Waals surface area (Å²) in [6, 6.07) is 39.0. The second-order valence-corrected chi connectivity index (χ2v) is 46.6. The molecule has 1 aliphatic rings. The van der Waals surface area contributed by atoms with Gasteiger partial charge in [0, 0.05) is 126 Å². The lowest BCUT2D eigenvalue weighted by Crippen LogP contribution is -2.16. The molecule has 1 N–H and O–H groups in total. The SMILES string of the molecule is CC(C)(C)c1ccc(C#N)s1.CC(C)(C)c1ccc(Cl)s1.CC(C)(C)c1ccc2c(c1)OCO2.CC(C)(C)c1ccoc1.CC(C)(C)c1nc(C#N)cs1.CC(C)(C)c1nc2ccccc2[nH]1.CN(C)c1ncc(C(C)(C)C)cn1.Cc1nc(C(C)C)ccc1C(C)(C)C.Cn1cc(C(C)(C)C)cn1.Cn1cccc1C(C)(C)C.Cn1nccc1C(C)(C)C. The molecule has 10 aromatic heterocycles. The molecule has 12 aromatic rings. The fourth-order valence-electron chi connectivity index (χ4n) is 11.3. The Labute approximate surface area is 765 Å². The van der Waals surface area contributed by atoms with Crippen LogP contribution in [0.5, 0.6) is 11.5 Å². The molecule has 21 heteroatoms. The van der Waals surface area contributed by atoms with Crippen LogP contribution in [0.2, 0.25) is 4.34 Å². The van der Waals surface area contributed by atoms with Gasteiger partial charge < -0.3 is 28.3 Å². The number of benzene rings is 2. The van der Waals surface area contributed by atoms with Crippen LogP contribution in [-0.2, 0) is 80.7 Å². The summed E-state index contributed by atoms with van der Waals surface area (Å²) in [6.45, 7) is 78.6. The summed E-state index contributed by atoms with van der Waals surface area (Å²) in [4.78, 5) is 30.5. The number of nitriles is 2. The molecule has 0 saturated carbocycles. The molecule has 678 valence electrons. The zero-order chi connectivity index (χ0) is 94.9. The fourth-order valence-corrected chi connectivity index (χ4v) is 14.1. The third-order valence-corrected chi connectivity index (χ3v) is 23.4. The Morgan fingerprint density at radius 3 is 1.40 bits per heavy atom. The van der Waals surface area contributed by atoms with E-state index in [1.54, 1.807) is 51.9 Å². The second kappa shape index (κ2) is 45.8. The summed E-state index contributed by atoms with van der Waals surface area (Å²) in [7, 11) is 9.87. The molecule has 17 nitrogen and oxygen atoms in total. The van der Waals surface area contributed by atoms with Crippen LogP contribution in [0.3, 0.4) is 0 Å². The van der Waals surface area contributed by atoms with Crippen molar-refractivity contribution in [1.29, 1.82) is 10.5 Å². The molecule has 13 rings (SSSR count). The molecule has 124 heavy (non-hydrogen) atoms. The summed E-state index contributed by atoms with van der Waals surface area (Å²) >= 11 is 10.6. The maximum atomic E-state index is 8.58. The molecule has 11 heterocycles. The number of hydrogen-bond acceptors (Lipinski definition) is 16. The monoisotopic (exact) mass is 1770 g/mol. The number of hydrogen-bond donors (Lipinski definition) is 1. The van der Waals surface area contributed by atoms with Gasteiger partial charge in [-0.2, -0.15) is 20.7 Å². The van der Waals surface area contributed by atoms with Gasteiger partial charge in [0.2, 0.25) is 12.7 Å². The molecule has 0 spiro atoms. The van der Waals surface area contributed by atoms with E-state index >= 15 is 0 Å². The van der Waals surface area contributed by atoms with Gasteiger partial charge in [0.1, 0.15) is 22.8 Å². The number of aromatic amines is 1. The number of nitrogens with one attached hydrogen (secondary N) is 1. The Morgan fingerprint density at radius 1 is 0.508 bits per heavy atom. The third kappa shape index (κ3) is 37.9. The van der Waals surface area contributed by atoms with E-state index in [-0.39, 0.29) is 59.6 Å². The lowest BCUT2D eigenvalue weighted by atomic mass is 9.85. The van der Waals surface area contributed by atoms with Crippen LogP contribution >= 0.6 is 45.6 Å². The highest BCUT2D eigenvalue weighted by molar-refractivity contribution is 7.16. The number of thiophene rings is 2. The van der Waals surface area contributed by atoms with Crippen LogP contribution in [0.4, 0.5) is 5.95 Å². The maximum Gasteiger partial charge on any atom is 0.231 e. The molecule has 2 aromatic carbocycles. The van der Waals surface area contributed by atoms with Crippen molar-refractivity contribution in [2.24, 2.45) is 21.1 Å². The molecule has 0 bridgehead atoms. The average molecular weight is 1770 g/mol. The molecule has 0 aliphatic carbocycles. The zero-order valence-corrected chi connectivity index (χ0v) is 86.6. The van der Waals surface area contributed by atoms with Gasteiger partial charge >= 0.3 is 0 Å². The Bertz CT molecular complexity index is 5000. The first kappa shape index (κ1) is 109. The molecule has 0 radical (unpaired) electrons. The van der Waals surface area contributed by atoms with Crippen LogP contribution < -0.4 is 14.4 Å². The number of H-pyrrole nitrogens is 1. The molecular formula is C103H153ClN14O3S3. The summed E-state index contributed by atoms with van der Waals surface area (Å²) in [5.74, 6) is 4.05. The van der Waals surface area contributed by atoms with Crippen LogP contribution in [0.15, 0.2) is 163 Å². The van der Waals surface area contributed by atoms with Crippen LogP contribution in [0.25, 0.3) is 11.0 Å². The van der Waals surface area contributed by atoms with E-state index in [9.17, 15) is 0 Å². The van der Waals surface area contributed by atoms with Gasteiger partial charge in [0.15, 0.2) is 17.2 Å². The number of halogens is 1. The normalized spacial score (nSPS) is 12.1. The molecule has 0 atom stereocenters. The van der Waals surface area contributed by atoms with E-state index in [2.05, 4.69) is 374 Å². The van der Waals surface area contributed by atoms with Gasteiger partial charge in [0.05, 0.1) is 39.1 Å². The highest BCUT2D eigenvalue weighted by atomic mass is 35.5. The minimum Gasteiger partial charge on any atom is -0.472 e. The minimum atomic E-state index is 0.0692. The van der Waals surface area contributed by atoms with Gasteiger partial charge in [-0.1, -0.05) is 278 Å². The smallest absolute Gasteiger partial charge is 0.231 e. The standard InChI is InChI=1S/C13H21N.C11H14N2.C11H14O2.C10H17N3.C9H11NS.C9H15N.C8H11ClS.C8H10N2S.2C8H14N2.C8H12O/c1-9(2)12-8-7-11(10(3)14-12)13(4,5)6;1-11(2,3)10-12-8-6-4-5-7-9(8)13-10;1-11(2,3)8-4-5-9-10(6-8)13-7-12-9;1-10(2,3)8-6-11-9(12-7-8)13(4)5;1-9(2,3)8-5-4-7(6-10)11-8;1-9(2,3)8-6-5-7-10(8)4;1-8(2,3)6-4-5-7(9)10-6;1-8(2,3)7-10-6(4-9)5-11-7;1-8(2,3)7-5-9-10(4)6-7;1-8(2,3)7-5-6-9-10(7)4;1-8(2,3)7-4-5-9-6-7/h7-9H,1-6H3;4-7H,1-3H3,(H,12,13);4-6H,7H2,1-3H3;6-7H,1-5H3;4-5H,1-3H3;5-7H,1-4H3;4-5H,1-3H3;5H,1-3H3;2*5-6H,1-4H3;4-6H,1-3H3. The number of aryl methyl sites for hydroxylation is 4. The Balaban J connectivity index is 0.000000353. The quantitative estimate of drug-likeness (QED) is 0.171. The number of fused-ring (bicyclic) bond motifs is 2. The maximum absolute atomic E-state index is 8.58. The van der Waals surface area contributed by atoms with E-state index in [1.165, 1.54) is 54.8 Å². The van der Waals surface area contributed by atoms with E-state index in [1.807, 2.05) is 122 Å². The largest absolute Gasteiger partial charge is 0.472 e. The van der Waals surface area contributed by atoms with Crippen LogP contribution in [0, 0.1) is 29.6 Å². The first-order chi connectivity index (χ1) is 56.6. The van der Waals surface area contributed by atoms with Crippen molar-refractivity contribution in [2.45, 2.75) is 315 Å². The van der Waals surface area contributed by atoms with Gasteiger partial charge in [-0.15, -0.1) is 34.0 Å². The van der Waals surface area contributed by atoms with Gasteiger partial charge in [-0.3, -0.25) is 14.3 Å². The van der Waals surface area contributed by atoms with Crippen LogP contribution in [-0.4, -0.2) is 74.9 Å². The molecule has 1 aliphatic heterocycles. The van der Waals surface area contributed by atoms with Crippen molar-refractivity contribution in [2.75, 3.05) is 25.8 Å². The van der Waals surface area contributed by atoms with Crippen molar-refractivity contribution < 1.29 is 13.9 Å². The van der Waals surface area contributed by atoms with Crippen molar-refractivity contribution >= 4 is 62.6 Å². The summed E-state index contributed by atoms with van der Waals surface area (Å²) in [6.07, 6.45) is 15.2. The molecule has 0 unspecified atom stereocenters. The number of ether oxygens (including phenoxy) is 2. The van der Waals surface area contributed by atoms with E-state index in [0.29, 0.717) is 18.4 Å². The van der Waals surface area contributed by atoms with Gasteiger partial charge in [-0.25, -0.2) is 19.9 Å². The number of imidazole rings is 1. The highest BCUT2D eigenvalue weighted by Crippen LogP contribution is 2.38. The number of nitrogens with zero attached hydrogens (tertiary/aromatic N) is 13. The Kier molecular flexibility index (Phi) is 40.3. The zero-order valence-electron chi connectivity index (χ0n) is 83.4. The van der Waals surface area contributed by atoms with Gasteiger partial charge in [-0.05, 0) is 157 Å². The van der Waals surface area contributed by atoms with E-state index in [4.69, 9.17) is 36.0 Å². The lowest BCUT2D eigenvalue weighted by molar-refractivity contribution is 0.174. The molecular weight excluding hydrogens is 1610 g/mol. The Hall–Kier alpha value is -9.18. The van der Waals surface area contributed by atoms with Crippen molar-refractivity contribution in [3.8, 4) is 23.6 Å². The molecule has 0 amide bonds. The van der Waals surface area contributed by atoms with Crippen molar-refractivity contribution in [1.82, 2.24) is 54.0 Å². The molecule has 0 fully saturated rings. The van der Waals surface area contributed by atoms with Gasteiger partial charge in [0.25, 0.3) is 0 Å². The van der Waals surface area contributed by atoms with Crippen molar-refractivity contribution in [3.05, 3.63) is 244 Å². The molecule has 0 saturated heterocycles. The Morgan fingerprint density at radius 2 is 1.06 bits per heavy atom.